The molecule has 0 aliphatic heterocycles. The highest BCUT2D eigenvalue weighted by atomic mass is 19.1. The van der Waals surface area contributed by atoms with Gasteiger partial charge in [0.2, 0.25) is 5.95 Å². The van der Waals surface area contributed by atoms with Gasteiger partial charge in [0.25, 0.3) is 0 Å². The molecule has 9 heteroatoms. The number of nitrogens with zero attached hydrogens (tertiary/aromatic N) is 4. The van der Waals surface area contributed by atoms with Gasteiger partial charge >= 0.3 is 0 Å². The second-order valence-corrected chi connectivity index (χ2v) is 7.31. The maximum atomic E-state index is 14.8. The number of carbonyl (C=O) groups excluding carboxylic acids is 1. The van der Waals surface area contributed by atoms with Gasteiger partial charge in [0, 0.05) is 18.4 Å². The Kier molecular flexibility index (Phi) is 6.34. The van der Waals surface area contributed by atoms with Crippen molar-refractivity contribution in [3.63, 3.8) is 0 Å². The Balaban J connectivity index is 1.60. The summed E-state index contributed by atoms with van der Waals surface area (Å²) in [6, 6.07) is 6.73. The van der Waals surface area contributed by atoms with Crippen molar-refractivity contribution in [2.24, 2.45) is 0 Å². The van der Waals surface area contributed by atoms with E-state index in [0.29, 0.717) is 34.6 Å². The zero-order valence-electron chi connectivity index (χ0n) is 17.9. The summed E-state index contributed by atoms with van der Waals surface area (Å²) in [6.45, 7) is 4.82. The Morgan fingerprint density at radius 3 is 2.69 bits per heavy atom. The molecule has 0 saturated heterocycles. The van der Waals surface area contributed by atoms with E-state index in [4.69, 9.17) is 0 Å². The van der Waals surface area contributed by atoms with Gasteiger partial charge in [0.05, 0.1) is 28.4 Å². The molecule has 0 spiro atoms. The van der Waals surface area contributed by atoms with E-state index in [0.717, 1.165) is 25.0 Å². The molecule has 164 valence electrons. The molecule has 0 saturated carbocycles. The standard InChI is InChI=1S/C23H24FN7O/c1-3-5-10-25-22-19-17(12-27-23(19)29-13-28-22)20(32)16-8-9-18(31-21(16)24)30-15-7-6-14(4-2)26-11-15/h6-9,11-13H,3-5,10H2,1-2H3,(H,30,31)(H2,25,27,28,29). The summed E-state index contributed by atoms with van der Waals surface area (Å²) in [5, 5.41) is 6.77. The lowest BCUT2D eigenvalue weighted by molar-refractivity contribution is 0.103. The molecule has 0 aromatic carbocycles. The molecule has 4 aromatic rings. The number of aromatic amines is 1. The molecule has 0 aliphatic rings. The van der Waals surface area contributed by atoms with Crippen molar-refractivity contribution < 1.29 is 9.18 Å². The van der Waals surface area contributed by atoms with Crippen LogP contribution in [0.25, 0.3) is 11.0 Å². The lowest BCUT2D eigenvalue weighted by Crippen LogP contribution is -2.09. The number of aryl methyl sites for hydroxylation is 1. The fraction of sp³-hybridized carbons (Fsp3) is 0.261. The Hall–Kier alpha value is -3.88. The van der Waals surface area contributed by atoms with E-state index in [-0.39, 0.29) is 11.4 Å². The number of H-pyrrole nitrogens is 1. The van der Waals surface area contributed by atoms with E-state index in [1.807, 2.05) is 19.1 Å². The van der Waals surface area contributed by atoms with Crippen LogP contribution in [0.15, 0.2) is 43.0 Å². The molecular formula is C23H24FN7O. The smallest absolute Gasteiger partial charge is 0.226 e. The van der Waals surface area contributed by atoms with Crippen molar-refractivity contribution in [3.8, 4) is 0 Å². The molecule has 32 heavy (non-hydrogen) atoms. The molecule has 0 aliphatic carbocycles. The fourth-order valence-electron chi connectivity index (χ4n) is 3.33. The molecule has 4 aromatic heterocycles. The summed E-state index contributed by atoms with van der Waals surface area (Å²) < 4.78 is 14.8. The van der Waals surface area contributed by atoms with Crippen LogP contribution < -0.4 is 10.6 Å². The van der Waals surface area contributed by atoms with Gasteiger partial charge in [0.1, 0.15) is 23.6 Å². The van der Waals surface area contributed by atoms with E-state index < -0.39 is 11.7 Å². The second kappa shape index (κ2) is 9.51. The predicted octanol–water partition coefficient (Wildman–Crippen LogP) is 4.64. The summed E-state index contributed by atoms with van der Waals surface area (Å²) in [4.78, 5) is 32.8. The SMILES string of the molecule is CCCCNc1ncnc2[nH]cc(C(=O)c3ccc(Nc4ccc(CC)nc4)nc3F)c12. The Labute approximate surface area is 184 Å². The number of anilines is 3. The topological polar surface area (TPSA) is 108 Å². The van der Waals surface area contributed by atoms with Crippen LogP contribution in [0.3, 0.4) is 0 Å². The third kappa shape index (κ3) is 4.41. The highest BCUT2D eigenvalue weighted by Gasteiger charge is 2.22. The predicted molar refractivity (Wildman–Crippen MR) is 122 cm³/mol. The number of hydrogen-bond donors (Lipinski definition) is 3. The van der Waals surface area contributed by atoms with Gasteiger partial charge in [-0.3, -0.25) is 9.78 Å². The Bertz CT molecular complexity index is 1240. The molecule has 0 bridgehead atoms. The van der Waals surface area contributed by atoms with E-state index in [1.165, 1.54) is 18.6 Å². The Morgan fingerprint density at radius 2 is 1.97 bits per heavy atom. The molecule has 0 radical (unpaired) electrons. The number of carbonyl (C=O) groups is 1. The number of pyridine rings is 2. The van der Waals surface area contributed by atoms with Gasteiger partial charge in [-0.1, -0.05) is 20.3 Å². The van der Waals surface area contributed by atoms with Crippen LogP contribution in [-0.2, 0) is 6.42 Å². The number of unbranched alkanes of at least 4 members (excludes halogenated alkanes) is 1. The van der Waals surface area contributed by atoms with E-state index >= 15 is 0 Å². The van der Waals surface area contributed by atoms with E-state index in [1.54, 1.807) is 12.3 Å². The molecule has 4 heterocycles. The maximum Gasteiger partial charge on any atom is 0.226 e. The second-order valence-electron chi connectivity index (χ2n) is 7.31. The fourth-order valence-corrected chi connectivity index (χ4v) is 3.33. The summed E-state index contributed by atoms with van der Waals surface area (Å²) in [7, 11) is 0. The third-order valence-electron chi connectivity index (χ3n) is 5.09. The molecule has 0 atom stereocenters. The molecular weight excluding hydrogens is 409 g/mol. The largest absolute Gasteiger partial charge is 0.369 e. The molecule has 8 nitrogen and oxygen atoms in total. The van der Waals surface area contributed by atoms with Gasteiger partial charge in [-0.25, -0.2) is 15.0 Å². The first-order valence-electron chi connectivity index (χ1n) is 10.6. The summed E-state index contributed by atoms with van der Waals surface area (Å²) >= 11 is 0. The third-order valence-corrected chi connectivity index (χ3v) is 5.09. The van der Waals surface area contributed by atoms with Gasteiger partial charge in [-0.05, 0) is 37.1 Å². The first-order chi connectivity index (χ1) is 15.6. The minimum absolute atomic E-state index is 0.126. The number of halogens is 1. The lowest BCUT2D eigenvalue weighted by atomic mass is 10.0. The van der Waals surface area contributed by atoms with Gasteiger partial charge < -0.3 is 15.6 Å². The first kappa shape index (κ1) is 21.4. The number of ketones is 1. The van der Waals surface area contributed by atoms with Crippen molar-refractivity contribution in [2.75, 3.05) is 17.2 Å². The minimum Gasteiger partial charge on any atom is -0.369 e. The van der Waals surface area contributed by atoms with Crippen LogP contribution in [0.5, 0.6) is 0 Å². The average Bonchev–Trinajstić information content (AvgIpc) is 3.25. The van der Waals surface area contributed by atoms with Crippen LogP contribution in [0.4, 0.5) is 21.7 Å². The van der Waals surface area contributed by atoms with Crippen molar-refractivity contribution in [2.45, 2.75) is 33.1 Å². The number of rotatable bonds is 9. The lowest BCUT2D eigenvalue weighted by Gasteiger charge is -2.09. The zero-order chi connectivity index (χ0) is 22.5. The van der Waals surface area contributed by atoms with Crippen LogP contribution in [0.2, 0.25) is 0 Å². The highest BCUT2D eigenvalue weighted by molar-refractivity contribution is 6.18. The maximum absolute atomic E-state index is 14.8. The van der Waals surface area contributed by atoms with Crippen molar-refractivity contribution >= 4 is 34.1 Å². The first-order valence-corrected chi connectivity index (χ1v) is 10.6. The number of hydrogen-bond acceptors (Lipinski definition) is 7. The normalized spacial score (nSPS) is 11.0. The van der Waals surface area contributed by atoms with Gasteiger partial charge in [0.15, 0.2) is 5.78 Å². The molecule has 3 N–H and O–H groups in total. The quantitative estimate of drug-likeness (QED) is 0.200. The Morgan fingerprint density at radius 1 is 1.09 bits per heavy atom. The molecule has 4 rings (SSSR count). The number of aromatic nitrogens is 5. The molecule has 0 unspecified atom stereocenters. The van der Waals surface area contributed by atoms with E-state index in [2.05, 4.69) is 42.5 Å². The highest BCUT2D eigenvalue weighted by Crippen LogP contribution is 2.27. The van der Waals surface area contributed by atoms with Gasteiger partial charge in [-0.15, -0.1) is 0 Å². The molecule has 0 fully saturated rings. The van der Waals surface area contributed by atoms with Crippen LogP contribution in [0, 0.1) is 5.95 Å². The summed E-state index contributed by atoms with van der Waals surface area (Å²) in [6.07, 6.45) is 7.43. The van der Waals surface area contributed by atoms with Gasteiger partial charge in [-0.2, -0.15) is 4.39 Å². The van der Waals surface area contributed by atoms with Crippen LogP contribution >= 0.6 is 0 Å². The minimum atomic E-state index is -0.857. The number of nitrogens with one attached hydrogen (secondary N) is 3. The number of fused-ring (bicyclic) bond motifs is 1. The van der Waals surface area contributed by atoms with Crippen molar-refractivity contribution in [1.29, 1.82) is 0 Å². The average molecular weight is 433 g/mol. The van der Waals surface area contributed by atoms with Crippen molar-refractivity contribution in [3.05, 3.63) is 65.8 Å². The zero-order valence-corrected chi connectivity index (χ0v) is 17.9. The van der Waals surface area contributed by atoms with E-state index in [9.17, 15) is 9.18 Å². The molecule has 0 amide bonds. The van der Waals surface area contributed by atoms with Crippen molar-refractivity contribution in [1.82, 2.24) is 24.9 Å². The summed E-state index contributed by atoms with van der Waals surface area (Å²) in [5.41, 5.74) is 2.32. The van der Waals surface area contributed by atoms with Crippen LogP contribution in [-0.4, -0.2) is 37.2 Å². The monoisotopic (exact) mass is 433 g/mol. The van der Waals surface area contributed by atoms with Crippen LogP contribution in [0.1, 0.15) is 48.3 Å². The summed E-state index contributed by atoms with van der Waals surface area (Å²) in [5.74, 6) is -0.517.